The van der Waals surface area contributed by atoms with Gasteiger partial charge in [0.15, 0.2) is 12.4 Å². The van der Waals surface area contributed by atoms with Gasteiger partial charge in [0.1, 0.15) is 18.8 Å². The van der Waals surface area contributed by atoms with Crippen LogP contribution in [0.2, 0.25) is 0 Å². The summed E-state index contributed by atoms with van der Waals surface area (Å²) in [6, 6.07) is 0. The summed E-state index contributed by atoms with van der Waals surface area (Å²) in [6.45, 7) is 5.14. The van der Waals surface area contributed by atoms with Gasteiger partial charge in [0.05, 0.1) is 0 Å². The second-order valence-corrected chi connectivity index (χ2v) is 4.99. The van der Waals surface area contributed by atoms with Crippen LogP contribution in [0.25, 0.3) is 0 Å². The molecule has 1 aliphatic rings. The largest absolute Gasteiger partial charge is 0.463 e. The molecule has 126 valence electrons. The fraction of sp³-hybridized carbons (Fsp3) is 0.769. The molecule has 5 atom stereocenters. The molecule has 9 nitrogen and oxygen atoms in total. The molecular formula is C13H21NO8. The monoisotopic (exact) mass is 319 g/mol. The highest BCUT2D eigenvalue weighted by atomic mass is 16.8. The van der Waals surface area contributed by atoms with Crippen LogP contribution in [0.4, 0.5) is 0 Å². The first-order chi connectivity index (χ1) is 10.3. The number of nitrogens with two attached hydrogens (primary N) is 1. The molecule has 22 heavy (non-hydrogen) atoms. The van der Waals surface area contributed by atoms with E-state index in [1.165, 1.54) is 20.8 Å². The molecule has 0 aromatic rings. The van der Waals surface area contributed by atoms with Gasteiger partial charge in [-0.2, -0.15) is 0 Å². The molecule has 0 saturated carbocycles. The maximum atomic E-state index is 11.3. The van der Waals surface area contributed by atoms with Crippen LogP contribution in [-0.4, -0.2) is 49.1 Å². The minimum Gasteiger partial charge on any atom is -0.463 e. The Bertz CT molecular complexity index is 426. The Morgan fingerprint density at radius 1 is 1.00 bits per heavy atom. The zero-order valence-corrected chi connectivity index (χ0v) is 12.9. The molecule has 3 unspecified atom stereocenters. The third-order valence-corrected chi connectivity index (χ3v) is 3.14. The van der Waals surface area contributed by atoms with Crippen molar-refractivity contribution in [3.63, 3.8) is 0 Å². The first kappa shape index (κ1) is 18.3. The number of hydrogen-bond acceptors (Lipinski definition) is 9. The molecule has 0 aromatic heterocycles. The minimum atomic E-state index is -0.942. The molecule has 1 heterocycles. The maximum absolute atomic E-state index is 11.3. The molecule has 1 aliphatic heterocycles. The number of ether oxygens (including phenoxy) is 4. The van der Waals surface area contributed by atoms with Crippen molar-refractivity contribution >= 4 is 17.9 Å². The van der Waals surface area contributed by atoms with Crippen molar-refractivity contribution < 1.29 is 38.2 Å². The highest BCUT2D eigenvalue weighted by Gasteiger charge is 2.48. The van der Waals surface area contributed by atoms with Crippen LogP contribution in [0, 0.1) is 5.92 Å². The highest BCUT2D eigenvalue weighted by molar-refractivity contribution is 5.67. The van der Waals surface area contributed by atoms with E-state index in [1.54, 1.807) is 6.92 Å². The van der Waals surface area contributed by atoms with Gasteiger partial charge in [0, 0.05) is 26.7 Å². The van der Waals surface area contributed by atoms with Crippen LogP contribution in [0.15, 0.2) is 0 Å². The Kier molecular flexibility index (Phi) is 6.72. The molecule has 0 aromatic carbocycles. The number of carbonyl (C=O) groups excluding carboxylic acids is 3. The minimum absolute atomic E-state index is 0.197. The molecule has 0 radical (unpaired) electrons. The van der Waals surface area contributed by atoms with Crippen molar-refractivity contribution in [2.75, 3.05) is 6.61 Å². The molecule has 2 N–H and O–H groups in total. The SMILES string of the molecule is CC(=O)OC[C@H]1OC(ON)C(C)C(OC(C)=O)[C@H]1OC(C)=O. The van der Waals surface area contributed by atoms with Crippen molar-refractivity contribution in [1.29, 1.82) is 0 Å². The smallest absolute Gasteiger partial charge is 0.303 e. The molecular weight excluding hydrogens is 298 g/mol. The van der Waals surface area contributed by atoms with Crippen LogP contribution in [-0.2, 0) is 38.2 Å². The lowest BCUT2D eigenvalue weighted by molar-refractivity contribution is -0.290. The van der Waals surface area contributed by atoms with Crippen molar-refractivity contribution in [2.45, 2.75) is 52.3 Å². The zero-order chi connectivity index (χ0) is 16.9. The number of hydrogen-bond donors (Lipinski definition) is 1. The van der Waals surface area contributed by atoms with E-state index in [2.05, 4.69) is 0 Å². The summed E-state index contributed by atoms with van der Waals surface area (Å²) < 4.78 is 20.8. The van der Waals surface area contributed by atoms with Crippen molar-refractivity contribution in [3.8, 4) is 0 Å². The van der Waals surface area contributed by atoms with Crippen molar-refractivity contribution in [3.05, 3.63) is 0 Å². The lowest BCUT2D eigenvalue weighted by Gasteiger charge is -2.43. The third kappa shape index (κ3) is 4.93. The van der Waals surface area contributed by atoms with Gasteiger partial charge in [-0.05, 0) is 0 Å². The van der Waals surface area contributed by atoms with Gasteiger partial charge in [-0.25, -0.2) is 5.90 Å². The Hall–Kier alpha value is -1.71. The average molecular weight is 319 g/mol. The fourth-order valence-corrected chi connectivity index (χ4v) is 2.23. The molecule has 9 heteroatoms. The molecule has 1 saturated heterocycles. The Morgan fingerprint density at radius 3 is 2.00 bits per heavy atom. The highest BCUT2D eigenvalue weighted by Crippen LogP contribution is 2.30. The van der Waals surface area contributed by atoms with Gasteiger partial charge in [-0.15, -0.1) is 0 Å². The molecule has 1 fully saturated rings. The second-order valence-electron chi connectivity index (χ2n) is 4.99. The number of esters is 3. The third-order valence-electron chi connectivity index (χ3n) is 3.14. The predicted molar refractivity (Wildman–Crippen MR) is 70.8 cm³/mol. The van der Waals surface area contributed by atoms with Crippen molar-refractivity contribution in [2.24, 2.45) is 11.8 Å². The standard InChI is InChI=1S/C13H21NO8/c1-6-11(19-8(3)16)12(20-9(4)17)10(5-18-7(2)15)21-13(6)22-14/h6,10-13H,5,14H2,1-4H3/t6?,10-,11?,12+,13?/m1/s1. The molecule has 0 amide bonds. The van der Waals surface area contributed by atoms with Gasteiger partial charge in [0.2, 0.25) is 0 Å². The Balaban J connectivity index is 3.00. The van der Waals surface area contributed by atoms with Crippen LogP contribution >= 0.6 is 0 Å². The number of carbonyl (C=O) groups is 3. The summed E-state index contributed by atoms with van der Waals surface area (Å²) in [7, 11) is 0. The maximum Gasteiger partial charge on any atom is 0.303 e. The van der Waals surface area contributed by atoms with E-state index < -0.39 is 48.4 Å². The lowest BCUT2D eigenvalue weighted by Crippen LogP contribution is -2.58. The van der Waals surface area contributed by atoms with E-state index in [0.29, 0.717) is 0 Å². The van der Waals surface area contributed by atoms with E-state index in [1.807, 2.05) is 0 Å². The summed E-state index contributed by atoms with van der Waals surface area (Å²) in [5, 5.41) is 0. The second kappa shape index (κ2) is 8.06. The number of rotatable bonds is 5. The Morgan fingerprint density at radius 2 is 1.55 bits per heavy atom. The van der Waals surface area contributed by atoms with Gasteiger partial charge in [-0.1, -0.05) is 6.92 Å². The van der Waals surface area contributed by atoms with E-state index in [9.17, 15) is 14.4 Å². The van der Waals surface area contributed by atoms with Crippen LogP contribution in [0.5, 0.6) is 0 Å². The quantitative estimate of drug-likeness (QED) is 0.412. The van der Waals surface area contributed by atoms with Gasteiger partial charge >= 0.3 is 17.9 Å². The zero-order valence-electron chi connectivity index (χ0n) is 12.9. The van der Waals surface area contributed by atoms with Crippen molar-refractivity contribution in [1.82, 2.24) is 0 Å². The van der Waals surface area contributed by atoms with Crippen LogP contribution in [0.3, 0.4) is 0 Å². The van der Waals surface area contributed by atoms with Gasteiger partial charge in [0.25, 0.3) is 0 Å². The fourth-order valence-electron chi connectivity index (χ4n) is 2.23. The van der Waals surface area contributed by atoms with E-state index in [-0.39, 0.29) is 6.61 Å². The van der Waals surface area contributed by atoms with E-state index in [4.69, 9.17) is 29.7 Å². The summed E-state index contributed by atoms with van der Waals surface area (Å²) >= 11 is 0. The summed E-state index contributed by atoms with van der Waals surface area (Å²) in [5.41, 5.74) is 0. The normalized spacial score (nSPS) is 31.2. The topological polar surface area (TPSA) is 123 Å². The van der Waals surface area contributed by atoms with E-state index in [0.717, 1.165) is 0 Å². The first-order valence-electron chi connectivity index (χ1n) is 6.75. The Labute approximate surface area is 127 Å². The summed E-state index contributed by atoms with van der Waals surface area (Å²) in [6.07, 6.45) is -3.56. The van der Waals surface area contributed by atoms with Gasteiger partial charge in [-0.3, -0.25) is 19.2 Å². The lowest BCUT2D eigenvalue weighted by atomic mass is 9.92. The molecule has 1 rings (SSSR count). The first-order valence-corrected chi connectivity index (χ1v) is 6.75. The average Bonchev–Trinajstić information content (AvgIpc) is 2.41. The summed E-state index contributed by atoms with van der Waals surface area (Å²) in [4.78, 5) is 38.3. The van der Waals surface area contributed by atoms with Crippen LogP contribution in [0.1, 0.15) is 27.7 Å². The molecule has 0 spiro atoms. The molecule has 0 aliphatic carbocycles. The van der Waals surface area contributed by atoms with Crippen LogP contribution < -0.4 is 5.90 Å². The summed E-state index contributed by atoms with van der Waals surface area (Å²) in [5.74, 6) is 3.00. The molecule has 0 bridgehead atoms. The van der Waals surface area contributed by atoms with Gasteiger partial charge < -0.3 is 18.9 Å². The predicted octanol–water partition coefficient (Wildman–Crippen LogP) is -0.336. The van der Waals surface area contributed by atoms with E-state index >= 15 is 0 Å².